The number of nitrogens with zero attached hydrogens (tertiary/aromatic N) is 1. The number of carbonyl (C=O) groups excluding carboxylic acids is 5. The number of pyridine rings is 1. The van der Waals surface area contributed by atoms with E-state index in [0.717, 1.165) is 55.7 Å². The molecule has 12 heteroatoms. The smallest absolute Gasteiger partial charge is 0.287 e. The Morgan fingerprint density at radius 3 is 2.31 bits per heavy atom. The molecule has 5 aliphatic carbocycles. The van der Waals surface area contributed by atoms with Crippen LogP contribution >= 0.6 is 0 Å². The molecule has 0 spiro atoms. The molecule has 252 valence electrons. The number of aromatic nitrogens is 1. The highest BCUT2D eigenvalue weighted by molar-refractivity contribution is 6.36. The Hall–Kier alpha value is -4.74. The summed E-state index contributed by atoms with van der Waals surface area (Å²) in [5.41, 5.74) is 0.427. The van der Waals surface area contributed by atoms with E-state index in [1.807, 2.05) is 12.1 Å². The van der Waals surface area contributed by atoms with Crippen molar-refractivity contribution >= 4 is 46.1 Å². The number of amides is 4. The van der Waals surface area contributed by atoms with Crippen molar-refractivity contribution in [1.82, 2.24) is 20.5 Å². The standard InChI is InChI=1S/C36H41N5O7/c1-19-25-5-2-3-7-29(25)48-32(19)35(46)38-26(10-11-28(42)34(45)37-24-8-9-24)33(44)39-27-6-4-12-41(36(27)47)18-30(43)40-31-22-14-20-13-21(16-22)17-23(31)15-20/h2-7,12,20-24,26,31H,8-11,13-18H2,1H3,(H,37,45)(H,38,46)(H,39,44)(H,40,43)/t20?,21?,22?,23?,26-,31?/m0/s1. The number of benzene rings is 1. The first-order chi connectivity index (χ1) is 23.1. The van der Waals surface area contributed by atoms with Crippen LogP contribution < -0.4 is 26.8 Å². The van der Waals surface area contributed by atoms with Crippen molar-refractivity contribution in [3.05, 3.63) is 64.3 Å². The lowest BCUT2D eigenvalue weighted by atomic mass is 9.54. The van der Waals surface area contributed by atoms with Gasteiger partial charge in [-0.05, 0) is 100 Å². The largest absolute Gasteiger partial charge is 0.451 e. The Balaban J connectivity index is 1.03. The van der Waals surface area contributed by atoms with E-state index in [1.54, 1.807) is 25.1 Å². The van der Waals surface area contributed by atoms with E-state index >= 15 is 0 Å². The van der Waals surface area contributed by atoms with E-state index in [0.29, 0.717) is 23.0 Å². The predicted octanol–water partition coefficient (Wildman–Crippen LogP) is 3.21. The van der Waals surface area contributed by atoms with Crippen LogP contribution in [0.2, 0.25) is 0 Å². The van der Waals surface area contributed by atoms with E-state index < -0.39 is 35.1 Å². The molecule has 5 saturated carbocycles. The molecule has 5 fully saturated rings. The van der Waals surface area contributed by atoms with Crippen LogP contribution in [0.25, 0.3) is 11.0 Å². The zero-order valence-corrected chi connectivity index (χ0v) is 27.0. The second kappa shape index (κ2) is 13.0. The van der Waals surface area contributed by atoms with Gasteiger partial charge in [0.2, 0.25) is 17.6 Å². The molecule has 0 aliphatic heterocycles. The third kappa shape index (κ3) is 6.65. The number of nitrogens with one attached hydrogen (secondary N) is 4. The second-order valence-corrected chi connectivity index (χ2v) is 14.2. The van der Waals surface area contributed by atoms with Gasteiger partial charge in [-0.15, -0.1) is 0 Å². The fourth-order valence-electron chi connectivity index (χ4n) is 8.29. The molecule has 2 heterocycles. The summed E-state index contributed by atoms with van der Waals surface area (Å²) < 4.78 is 7.01. The molecule has 0 radical (unpaired) electrons. The van der Waals surface area contributed by atoms with Crippen LogP contribution in [0.4, 0.5) is 5.69 Å². The van der Waals surface area contributed by atoms with Gasteiger partial charge in [0.15, 0.2) is 5.76 Å². The molecule has 4 N–H and O–H groups in total. The lowest BCUT2D eigenvalue weighted by molar-refractivity contribution is -0.138. The SMILES string of the molecule is Cc1c(C(=O)N[C@@H](CCC(=O)C(=O)NC2CC2)C(=O)Nc2cccn(CC(=O)NC3C4CC5CC(C4)CC3C5)c2=O)oc2ccccc12. The van der Waals surface area contributed by atoms with Crippen LogP contribution in [0.3, 0.4) is 0 Å². The number of rotatable bonds is 12. The van der Waals surface area contributed by atoms with E-state index in [9.17, 15) is 28.8 Å². The van der Waals surface area contributed by atoms with Crippen molar-refractivity contribution in [3.8, 4) is 0 Å². The summed E-state index contributed by atoms with van der Waals surface area (Å²) in [6, 6.07) is 8.97. The minimum Gasteiger partial charge on any atom is -0.451 e. The Labute approximate surface area is 277 Å². The highest BCUT2D eigenvalue weighted by Gasteiger charge is 2.48. The fourth-order valence-corrected chi connectivity index (χ4v) is 8.29. The normalized spacial score (nSPS) is 24.6. The first-order valence-electron chi connectivity index (χ1n) is 17.0. The molecule has 1 atom stereocenters. The van der Waals surface area contributed by atoms with Gasteiger partial charge in [0, 0.05) is 35.7 Å². The summed E-state index contributed by atoms with van der Waals surface area (Å²) >= 11 is 0. The van der Waals surface area contributed by atoms with Crippen molar-refractivity contribution < 1.29 is 28.4 Å². The number of aryl methyl sites for hydroxylation is 1. The number of fused-ring (bicyclic) bond motifs is 1. The van der Waals surface area contributed by atoms with Gasteiger partial charge < -0.3 is 30.3 Å². The first-order valence-corrected chi connectivity index (χ1v) is 17.0. The highest BCUT2D eigenvalue weighted by Crippen LogP contribution is 2.53. The van der Waals surface area contributed by atoms with Crippen LogP contribution in [0, 0.1) is 30.6 Å². The number of furan rings is 1. The molecular formula is C36H41N5O7. The van der Waals surface area contributed by atoms with Crippen LogP contribution in [-0.2, 0) is 25.7 Å². The van der Waals surface area contributed by atoms with Gasteiger partial charge in [-0.1, -0.05) is 18.2 Å². The molecule has 5 aliphatic rings. The number of carbonyl (C=O) groups is 5. The topological polar surface area (TPSA) is 169 Å². The minimum atomic E-state index is -1.28. The fraction of sp³-hybridized carbons (Fsp3) is 0.500. The zero-order chi connectivity index (χ0) is 33.5. The molecule has 0 saturated heterocycles. The molecule has 48 heavy (non-hydrogen) atoms. The Morgan fingerprint density at radius 1 is 0.917 bits per heavy atom. The minimum absolute atomic E-state index is 0.00788. The van der Waals surface area contributed by atoms with Gasteiger partial charge in [-0.25, -0.2) is 0 Å². The van der Waals surface area contributed by atoms with Crippen molar-refractivity contribution in [2.24, 2.45) is 23.7 Å². The quantitative estimate of drug-likeness (QED) is 0.217. The van der Waals surface area contributed by atoms with Gasteiger partial charge in [0.25, 0.3) is 17.4 Å². The molecule has 4 amide bonds. The Bertz CT molecular complexity index is 1810. The van der Waals surface area contributed by atoms with Crippen LogP contribution in [0.1, 0.15) is 73.9 Å². The predicted molar refractivity (Wildman–Crippen MR) is 176 cm³/mol. The molecular weight excluding hydrogens is 614 g/mol. The molecule has 4 bridgehead atoms. The summed E-state index contributed by atoms with van der Waals surface area (Å²) in [4.78, 5) is 78.4. The van der Waals surface area contributed by atoms with Gasteiger partial charge in [-0.2, -0.15) is 0 Å². The maximum absolute atomic E-state index is 13.6. The summed E-state index contributed by atoms with van der Waals surface area (Å²) in [7, 11) is 0. The molecule has 3 aromatic rings. The van der Waals surface area contributed by atoms with Gasteiger partial charge >= 0.3 is 0 Å². The zero-order valence-electron chi connectivity index (χ0n) is 27.0. The van der Waals surface area contributed by atoms with Gasteiger partial charge in [0.1, 0.15) is 23.9 Å². The summed E-state index contributed by atoms with van der Waals surface area (Å²) in [6.07, 6.45) is 8.57. The van der Waals surface area contributed by atoms with Crippen molar-refractivity contribution in [2.75, 3.05) is 5.32 Å². The average Bonchev–Trinajstić information content (AvgIpc) is 3.82. The number of ketones is 1. The van der Waals surface area contributed by atoms with Crippen molar-refractivity contribution in [2.45, 2.75) is 89.4 Å². The summed E-state index contributed by atoms with van der Waals surface area (Å²) in [6.45, 7) is 1.54. The Morgan fingerprint density at radius 2 is 1.62 bits per heavy atom. The number of para-hydroxylation sites is 1. The third-order valence-corrected chi connectivity index (χ3v) is 10.6. The first kappa shape index (κ1) is 31.8. The molecule has 2 aromatic heterocycles. The summed E-state index contributed by atoms with van der Waals surface area (Å²) in [5, 5.41) is 11.8. The monoisotopic (exact) mass is 655 g/mol. The van der Waals surface area contributed by atoms with E-state index in [4.69, 9.17) is 4.42 Å². The third-order valence-electron chi connectivity index (χ3n) is 10.6. The lowest BCUT2D eigenvalue weighted by Gasteiger charge is -2.54. The van der Waals surface area contributed by atoms with E-state index in [-0.39, 0.29) is 48.8 Å². The number of Topliss-reactive ketones (excluding diaryl/α,β-unsaturated/α-hetero) is 1. The van der Waals surface area contributed by atoms with Crippen molar-refractivity contribution in [1.29, 1.82) is 0 Å². The average molecular weight is 656 g/mol. The van der Waals surface area contributed by atoms with Crippen LogP contribution in [0.5, 0.6) is 0 Å². The lowest BCUT2D eigenvalue weighted by Crippen LogP contribution is -2.56. The highest BCUT2D eigenvalue weighted by atomic mass is 16.3. The molecule has 0 unspecified atom stereocenters. The maximum Gasteiger partial charge on any atom is 0.287 e. The second-order valence-electron chi connectivity index (χ2n) is 14.2. The Kier molecular flexibility index (Phi) is 8.65. The van der Waals surface area contributed by atoms with Crippen LogP contribution in [-0.4, -0.2) is 52.1 Å². The van der Waals surface area contributed by atoms with E-state index in [2.05, 4.69) is 21.3 Å². The maximum atomic E-state index is 13.6. The number of hydrogen-bond acceptors (Lipinski definition) is 7. The van der Waals surface area contributed by atoms with Gasteiger partial charge in [-0.3, -0.25) is 28.8 Å². The molecule has 12 nitrogen and oxygen atoms in total. The van der Waals surface area contributed by atoms with Crippen LogP contribution in [0.15, 0.2) is 51.8 Å². The van der Waals surface area contributed by atoms with Crippen molar-refractivity contribution in [3.63, 3.8) is 0 Å². The molecule has 8 rings (SSSR count). The summed E-state index contributed by atoms with van der Waals surface area (Å²) in [5.74, 6) is -0.548. The number of hydrogen-bond donors (Lipinski definition) is 4. The van der Waals surface area contributed by atoms with Gasteiger partial charge in [0.05, 0.1) is 0 Å². The molecule has 1 aromatic carbocycles. The number of anilines is 1. The van der Waals surface area contributed by atoms with E-state index in [1.165, 1.54) is 23.3 Å².